The van der Waals surface area contributed by atoms with Crippen LogP contribution in [0.2, 0.25) is 0 Å². The van der Waals surface area contributed by atoms with Crippen LogP contribution in [0.25, 0.3) is 10.8 Å². The Hall–Kier alpha value is -1.25. The van der Waals surface area contributed by atoms with Gasteiger partial charge < -0.3 is 0 Å². The zero-order valence-electron chi connectivity index (χ0n) is 12.0. The molecule has 1 aliphatic heterocycles. The van der Waals surface area contributed by atoms with Gasteiger partial charge >= 0.3 is 15.6 Å². The second-order valence-electron chi connectivity index (χ2n) is 4.99. The van der Waals surface area contributed by atoms with Crippen molar-refractivity contribution in [2.45, 2.75) is 23.6 Å². The third-order valence-electron chi connectivity index (χ3n) is 3.39. The van der Waals surface area contributed by atoms with Crippen molar-refractivity contribution in [1.82, 2.24) is 0 Å². The van der Waals surface area contributed by atoms with Gasteiger partial charge in [-0.3, -0.25) is 4.55 Å². The van der Waals surface area contributed by atoms with E-state index in [1.165, 1.54) is 34.9 Å². The summed E-state index contributed by atoms with van der Waals surface area (Å²) in [6.07, 6.45) is 2.72. The molecular weight excluding hydrogens is 349 g/mol. The second kappa shape index (κ2) is 7.11. The quantitative estimate of drug-likeness (QED) is 0.583. The molecule has 0 aliphatic carbocycles. The molecule has 1 N–H and O–H groups in total. The van der Waals surface area contributed by atoms with Crippen LogP contribution in [0.3, 0.4) is 0 Å². The fourth-order valence-electron chi connectivity index (χ4n) is 2.35. The van der Waals surface area contributed by atoms with E-state index in [1.54, 1.807) is 0 Å². The highest BCUT2D eigenvalue weighted by molar-refractivity contribution is 7.99. The van der Waals surface area contributed by atoms with Crippen LogP contribution in [-0.2, 0) is 10.1 Å². The summed E-state index contributed by atoms with van der Waals surface area (Å²) in [5, 5.41) is 3.55. The number of halogens is 3. The molecule has 23 heavy (non-hydrogen) atoms. The Morgan fingerprint density at radius 2 is 1.70 bits per heavy atom. The van der Waals surface area contributed by atoms with Crippen LogP contribution < -0.4 is 0 Å². The van der Waals surface area contributed by atoms with Crippen molar-refractivity contribution in [2.75, 3.05) is 5.75 Å². The Morgan fingerprint density at radius 1 is 1.09 bits per heavy atom. The Labute approximate surface area is 136 Å². The van der Waals surface area contributed by atoms with Crippen molar-refractivity contribution in [3.8, 4) is 0 Å². The van der Waals surface area contributed by atoms with Crippen LogP contribution in [0.4, 0.5) is 13.2 Å². The molecule has 2 aromatic rings. The lowest BCUT2D eigenvalue weighted by Gasteiger charge is -2.12. The fraction of sp³-hybridized carbons (Fsp3) is 0.333. The first-order chi connectivity index (χ1) is 10.7. The van der Waals surface area contributed by atoms with Gasteiger partial charge in [0.15, 0.2) is 0 Å². The topological polar surface area (TPSA) is 54.4 Å². The zero-order chi connectivity index (χ0) is 17.1. The molecule has 0 amide bonds. The minimum Gasteiger partial charge on any atom is -0.279 e. The number of fused-ring (bicyclic) bond motifs is 1. The molecule has 1 aliphatic rings. The molecule has 0 bridgehead atoms. The van der Waals surface area contributed by atoms with Crippen LogP contribution in [-0.4, -0.2) is 24.2 Å². The van der Waals surface area contributed by atoms with E-state index < -0.39 is 15.6 Å². The Balaban J connectivity index is 0.000000207. The molecule has 2 aromatic carbocycles. The van der Waals surface area contributed by atoms with Crippen molar-refractivity contribution in [3.05, 3.63) is 48.0 Å². The lowest BCUT2D eigenvalue weighted by molar-refractivity contribution is -0.0510. The summed E-state index contributed by atoms with van der Waals surface area (Å²) in [5.74, 6) is 1.33. The van der Waals surface area contributed by atoms with E-state index in [-0.39, 0.29) is 0 Å². The van der Waals surface area contributed by atoms with Gasteiger partial charge in [-0.05, 0) is 34.9 Å². The molecule has 0 aromatic heterocycles. The smallest absolute Gasteiger partial charge is 0.279 e. The van der Waals surface area contributed by atoms with E-state index in [1.807, 2.05) is 0 Å². The molecule has 0 spiro atoms. The van der Waals surface area contributed by atoms with Gasteiger partial charge in [0, 0.05) is 5.25 Å². The molecule has 1 atom stereocenters. The van der Waals surface area contributed by atoms with Gasteiger partial charge in [-0.25, -0.2) is 0 Å². The van der Waals surface area contributed by atoms with Gasteiger partial charge in [0.2, 0.25) is 0 Å². The average molecular weight is 364 g/mol. The van der Waals surface area contributed by atoms with Crippen molar-refractivity contribution in [3.63, 3.8) is 0 Å². The Morgan fingerprint density at radius 3 is 2.26 bits per heavy atom. The van der Waals surface area contributed by atoms with Gasteiger partial charge in [0.1, 0.15) is 0 Å². The normalized spacial score (nSPS) is 18.5. The van der Waals surface area contributed by atoms with E-state index in [2.05, 4.69) is 54.2 Å². The maximum Gasteiger partial charge on any atom is 0.522 e. The third-order valence-corrected chi connectivity index (χ3v) is 5.39. The van der Waals surface area contributed by atoms with Crippen molar-refractivity contribution in [2.24, 2.45) is 0 Å². The first-order valence-corrected chi connectivity index (χ1v) is 9.32. The molecule has 0 radical (unpaired) electrons. The second-order valence-corrected chi connectivity index (χ2v) is 7.71. The zero-order valence-corrected chi connectivity index (χ0v) is 13.6. The van der Waals surface area contributed by atoms with Gasteiger partial charge in [-0.2, -0.15) is 33.4 Å². The maximum absolute atomic E-state index is 10.7. The molecule has 126 valence electrons. The molecule has 1 fully saturated rings. The van der Waals surface area contributed by atoms with Crippen molar-refractivity contribution in [1.29, 1.82) is 0 Å². The number of hydrogen-bond donors (Lipinski definition) is 1. The van der Waals surface area contributed by atoms with Crippen molar-refractivity contribution >= 4 is 32.7 Å². The van der Waals surface area contributed by atoms with Crippen LogP contribution in [0.15, 0.2) is 42.5 Å². The predicted molar refractivity (Wildman–Crippen MR) is 86.0 cm³/mol. The standard InChI is InChI=1S/C14H14S.CHF3O3S/c1-2-7-12-11(5-1)6-3-8-13(12)14-9-4-10-15-14;2-1(3,4)8(5,6)7/h1-3,5-8,14H,4,9-10H2;(H,5,6,7). The van der Waals surface area contributed by atoms with Gasteiger partial charge in [0.05, 0.1) is 0 Å². The van der Waals surface area contributed by atoms with E-state index in [9.17, 15) is 13.2 Å². The lowest BCUT2D eigenvalue weighted by atomic mass is 10.0. The van der Waals surface area contributed by atoms with Gasteiger partial charge in [0.25, 0.3) is 0 Å². The highest BCUT2D eigenvalue weighted by Gasteiger charge is 2.44. The summed E-state index contributed by atoms with van der Waals surface area (Å²) in [6, 6.07) is 15.4. The highest BCUT2D eigenvalue weighted by Crippen LogP contribution is 2.42. The number of hydrogen-bond acceptors (Lipinski definition) is 3. The maximum atomic E-state index is 10.7. The van der Waals surface area contributed by atoms with Gasteiger partial charge in [-0.15, -0.1) is 0 Å². The molecule has 8 heteroatoms. The SMILES string of the molecule is O=S(=O)(O)C(F)(F)F.c1ccc2c(C3CCCS3)cccc2c1. The number of alkyl halides is 3. The largest absolute Gasteiger partial charge is 0.522 e. The predicted octanol–water partition coefficient (Wildman–Crippen LogP) is 4.80. The van der Waals surface area contributed by atoms with Gasteiger partial charge in [-0.1, -0.05) is 42.5 Å². The summed E-state index contributed by atoms with van der Waals surface area (Å²) < 4.78 is 57.5. The summed E-state index contributed by atoms with van der Waals surface area (Å²) >= 11 is 2.11. The Bertz CT molecular complexity index is 762. The summed E-state index contributed by atoms with van der Waals surface area (Å²) in [5.41, 5.74) is -4.00. The first kappa shape index (κ1) is 18.1. The minimum atomic E-state index is -5.84. The van der Waals surface area contributed by atoms with Crippen LogP contribution in [0.5, 0.6) is 0 Å². The third kappa shape index (κ3) is 4.62. The minimum absolute atomic E-state index is 0.732. The van der Waals surface area contributed by atoms with E-state index in [0.29, 0.717) is 0 Å². The summed E-state index contributed by atoms with van der Waals surface area (Å²) in [4.78, 5) is 0. The average Bonchev–Trinajstić information content (AvgIpc) is 2.99. The fourth-order valence-corrected chi connectivity index (χ4v) is 3.69. The lowest BCUT2D eigenvalue weighted by Crippen LogP contribution is -2.21. The molecule has 0 saturated carbocycles. The first-order valence-electron chi connectivity index (χ1n) is 6.83. The molecule has 1 saturated heterocycles. The summed E-state index contributed by atoms with van der Waals surface area (Å²) in [6.45, 7) is 0. The molecular formula is C15H15F3O3S2. The number of rotatable bonds is 1. The van der Waals surface area contributed by atoms with Crippen LogP contribution in [0.1, 0.15) is 23.7 Å². The van der Waals surface area contributed by atoms with E-state index >= 15 is 0 Å². The molecule has 1 heterocycles. The Kier molecular flexibility index (Phi) is 5.59. The molecule has 3 nitrogen and oxygen atoms in total. The molecule has 3 rings (SSSR count). The monoisotopic (exact) mass is 364 g/mol. The van der Waals surface area contributed by atoms with E-state index in [0.717, 1.165) is 5.25 Å². The van der Waals surface area contributed by atoms with Crippen LogP contribution in [0, 0.1) is 0 Å². The number of benzene rings is 2. The highest BCUT2D eigenvalue weighted by atomic mass is 32.2. The molecule has 1 unspecified atom stereocenters. The summed E-state index contributed by atoms with van der Waals surface area (Å²) in [7, 11) is -5.84. The van der Waals surface area contributed by atoms with Crippen molar-refractivity contribution < 1.29 is 26.1 Å². The number of thioether (sulfide) groups is 1. The van der Waals surface area contributed by atoms with Crippen LogP contribution >= 0.6 is 11.8 Å². The van der Waals surface area contributed by atoms with E-state index in [4.69, 9.17) is 13.0 Å².